The highest BCUT2D eigenvalue weighted by Gasteiger charge is 1.98. The van der Waals surface area contributed by atoms with Crippen molar-refractivity contribution in [2.24, 2.45) is 0 Å². The van der Waals surface area contributed by atoms with Gasteiger partial charge in [0.1, 0.15) is 12.4 Å². The fourth-order valence-electron chi connectivity index (χ4n) is 1.53. The summed E-state index contributed by atoms with van der Waals surface area (Å²) in [7, 11) is 4.08. The van der Waals surface area contributed by atoms with Gasteiger partial charge in [-0.25, -0.2) is 0 Å². The maximum absolute atomic E-state index is 5.64. The number of likely N-dealkylation sites (N-methyl/N-ethyl adjacent to an activating group) is 1. The van der Waals surface area contributed by atoms with Crippen LogP contribution < -0.4 is 10.1 Å². The SMILES string of the molecule is CN(C)CCOc1ccc(NCc2cncs2)cc1. The summed E-state index contributed by atoms with van der Waals surface area (Å²) in [5, 5.41) is 3.36. The molecule has 0 aliphatic heterocycles. The molecule has 0 saturated carbocycles. The second kappa shape index (κ2) is 7.11. The van der Waals surface area contributed by atoms with Crippen molar-refractivity contribution in [2.75, 3.05) is 32.6 Å². The van der Waals surface area contributed by atoms with Crippen molar-refractivity contribution in [3.63, 3.8) is 0 Å². The molecule has 1 aromatic heterocycles. The van der Waals surface area contributed by atoms with Gasteiger partial charge in [-0.1, -0.05) is 0 Å². The summed E-state index contributed by atoms with van der Waals surface area (Å²) < 4.78 is 5.64. The largest absolute Gasteiger partial charge is 0.492 e. The van der Waals surface area contributed by atoms with Crippen LogP contribution in [-0.2, 0) is 6.54 Å². The summed E-state index contributed by atoms with van der Waals surface area (Å²) in [6.45, 7) is 2.44. The lowest BCUT2D eigenvalue weighted by atomic mass is 10.3. The average molecular weight is 277 g/mol. The Balaban J connectivity index is 1.77. The van der Waals surface area contributed by atoms with Crippen LogP contribution in [0.4, 0.5) is 5.69 Å². The Labute approximate surface area is 118 Å². The van der Waals surface area contributed by atoms with Crippen molar-refractivity contribution in [3.8, 4) is 5.75 Å². The number of hydrogen-bond acceptors (Lipinski definition) is 5. The molecular weight excluding hydrogens is 258 g/mol. The smallest absolute Gasteiger partial charge is 0.119 e. The van der Waals surface area contributed by atoms with E-state index >= 15 is 0 Å². The number of nitrogens with zero attached hydrogens (tertiary/aromatic N) is 2. The molecule has 2 aromatic rings. The van der Waals surface area contributed by atoms with E-state index in [-0.39, 0.29) is 0 Å². The zero-order valence-corrected chi connectivity index (χ0v) is 12.1. The van der Waals surface area contributed by atoms with Gasteiger partial charge in [0.2, 0.25) is 0 Å². The molecule has 1 heterocycles. The fraction of sp³-hybridized carbons (Fsp3) is 0.357. The Bertz CT molecular complexity index is 468. The van der Waals surface area contributed by atoms with Gasteiger partial charge >= 0.3 is 0 Å². The number of thiazole rings is 1. The van der Waals surface area contributed by atoms with Gasteiger partial charge in [-0.05, 0) is 38.4 Å². The summed E-state index contributed by atoms with van der Waals surface area (Å²) in [4.78, 5) is 7.38. The molecule has 102 valence electrons. The molecule has 0 saturated heterocycles. The maximum Gasteiger partial charge on any atom is 0.119 e. The Morgan fingerprint density at radius 3 is 2.68 bits per heavy atom. The van der Waals surface area contributed by atoms with Crippen LogP contribution in [-0.4, -0.2) is 37.1 Å². The lowest BCUT2D eigenvalue weighted by Gasteiger charge is -2.11. The predicted molar refractivity (Wildman–Crippen MR) is 79.9 cm³/mol. The lowest BCUT2D eigenvalue weighted by Crippen LogP contribution is -2.19. The molecule has 19 heavy (non-hydrogen) atoms. The van der Waals surface area contributed by atoms with Crippen LogP contribution in [0.5, 0.6) is 5.75 Å². The third-order valence-electron chi connectivity index (χ3n) is 2.61. The molecule has 0 bridgehead atoms. The van der Waals surface area contributed by atoms with Crippen molar-refractivity contribution in [3.05, 3.63) is 40.8 Å². The summed E-state index contributed by atoms with van der Waals surface area (Å²) in [6, 6.07) is 8.05. The first-order valence-corrected chi connectivity index (χ1v) is 7.11. The van der Waals surface area contributed by atoms with Gasteiger partial charge in [0.25, 0.3) is 0 Å². The maximum atomic E-state index is 5.64. The van der Waals surface area contributed by atoms with E-state index in [4.69, 9.17) is 4.74 Å². The first kappa shape index (κ1) is 13.8. The number of hydrogen-bond donors (Lipinski definition) is 1. The highest BCUT2D eigenvalue weighted by Crippen LogP contribution is 2.17. The molecule has 0 fully saturated rings. The minimum Gasteiger partial charge on any atom is -0.492 e. The molecule has 4 nitrogen and oxygen atoms in total. The summed E-state index contributed by atoms with van der Waals surface area (Å²) in [5.74, 6) is 0.908. The van der Waals surface area contributed by atoms with Crippen molar-refractivity contribution < 1.29 is 4.74 Å². The number of ether oxygens (including phenoxy) is 1. The summed E-state index contributed by atoms with van der Waals surface area (Å²) in [6.07, 6.45) is 1.89. The highest BCUT2D eigenvalue weighted by molar-refractivity contribution is 7.09. The molecular formula is C14H19N3OS. The molecule has 2 rings (SSSR count). The van der Waals surface area contributed by atoms with Crippen LogP contribution in [0.3, 0.4) is 0 Å². The number of rotatable bonds is 7. The summed E-state index contributed by atoms with van der Waals surface area (Å²) >= 11 is 1.66. The second-order valence-corrected chi connectivity index (χ2v) is 5.47. The van der Waals surface area contributed by atoms with Gasteiger partial charge in [0, 0.05) is 23.3 Å². The van der Waals surface area contributed by atoms with E-state index in [0.717, 1.165) is 24.5 Å². The third kappa shape index (κ3) is 4.89. The van der Waals surface area contributed by atoms with E-state index in [1.807, 2.05) is 50.1 Å². The van der Waals surface area contributed by atoms with Crippen LogP contribution in [0.15, 0.2) is 36.0 Å². The average Bonchev–Trinajstić information content (AvgIpc) is 2.90. The number of benzene rings is 1. The van der Waals surface area contributed by atoms with Crippen molar-refractivity contribution >= 4 is 17.0 Å². The molecule has 0 radical (unpaired) electrons. The van der Waals surface area contributed by atoms with Gasteiger partial charge in [-0.3, -0.25) is 4.98 Å². The normalized spacial score (nSPS) is 10.7. The van der Waals surface area contributed by atoms with Gasteiger partial charge < -0.3 is 15.0 Å². The van der Waals surface area contributed by atoms with E-state index in [1.165, 1.54) is 4.88 Å². The van der Waals surface area contributed by atoms with Crippen LogP contribution in [0.1, 0.15) is 4.88 Å². The fourth-order valence-corrected chi connectivity index (χ4v) is 2.07. The minimum atomic E-state index is 0.709. The van der Waals surface area contributed by atoms with Gasteiger partial charge in [-0.2, -0.15) is 0 Å². The van der Waals surface area contributed by atoms with Gasteiger partial charge in [0.15, 0.2) is 0 Å². The van der Waals surface area contributed by atoms with E-state index < -0.39 is 0 Å². The monoisotopic (exact) mass is 277 g/mol. The predicted octanol–water partition coefficient (Wildman–Crippen LogP) is 2.70. The Morgan fingerprint density at radius 1 is 1.26 bits per heavy atom. The molecule has 0 atom stereocenters. The lowest BCUT2D eigenvalue weighted by molar-refractivity contribution is 0.261. The standard InChI is InChI=1S/C14H19N3OS/c1-17(2)7-8-18-13-5-3-12(4-6-13)16-10-14-9-15-11-19-14/h3-6,9,11,16H,7-8,10H2,1-2H3. The van der Waals surface area contributed by atoms with Crippen LogP contribution in [0.2, 0.25) is 0 Å². The van der Waals surface area contributed by atoms with Crippen LogP contribution >= 0.6 is 11.3 Å². The molecule has 0 aliphatic carbocycles. The second-order valence-electron chi connectivity index (χ2n) is 4.50. The minimum absolute atomic E-state index is 0.709. The Kier molecular flexibility index (Phi) is 5.18. The molecule has 0 aliphatic rings. The zero-order valence-electron chi connectivity index (χ0n) is 11.3. The van der Waals surface area contributed by atoms with E-state index in [1.54, 1.807) is 11.3 Å². The van der Waals surface area contributed by atoms with Crippen molar-refractivity contribution in [1.82, 2.24) is 9.88 Å². The topological polar surface area (TPSA) is 37.4 Å². The summed E-state index contributed by atoms with van der Waals surface area (Å²) in [5.41, 5.74) is 2.94. The first-order valence-electron chi connectivity index (χ1n) is 6.23. The van der Waals surface area contributed by atoms with Crippen LogP contribution in [0, 0.1) is 0 Å². The van der Waals surface area contributed by atoms with Crippen molar-refractivity contribution in [1.29, 1.82) is 0 Å². The van der Waals surface area contributed by atoms with E-state index in [9.17, 15) is 0 Å². The Hall–Kier alpha value is -1.59. The number of nitrogens with one attached hydrogen (secondary N) is 1. The van der Waals surface area contributed by atoms with Crippen LogP contribution in [0.25, 0.3) is 0 Å². The number of anilines is 1. The molecule has 5 heteroatoms. The molecule has 0 amide bonds. The van der Waals surface area contributed by atoms with Gasteiger partial charge in [0.05, 0.1) is 12.1 Å². The Morgan fingerprint density at radius 2 is 2.05 bits per heavy atom. The molecule has 1 N–H and O–H groups in total. The zero-order chi connectivity index (χ0) is 13.5. The van der Waals surface area contributed by atoms with Gasteiger partial charge in [-0.15, -0.1) is 11.3 Å². The molecule has 0 unspecified atom stereocenters. The van der Waals surface area contributed by atoms with E-state index in [0.29, 0.717) is 6.61 Å². The van der Waals surface area contributed by atoms with E-state index in [2.05, 4.69) is 15.2 Å². The third-order valence-corrected chi connectivity index (χ3v) is 3.39. The molecule has 0 spiro atoms. The van der Waals surface area contributed by atoms with Crippen molar-refractivity contribution in [2.45, 2.75) is 6.54 Å². The molecule has 1 aromatic carbocycles. The quantitative estimate of drug-likeness (QED) is 0.844. The highest BCUT2D eigenvalue weighted by atomic mass is 32.1. The first-order chi connectivity index (χ1) is 9.24. The number of aromatic nitrogens is 1.